The summed E-state index contributed by atoms with van der Waals surface area (Å²) in [7, 11) is 0. The fraction of sp³-hybridized carbons (Fsp3) is 0.382. The van der Waals surface area contributed by atoms with Crippen molar-refractivity contribution in [1.29, 1.82) is 0 Å². The average Bonchev–Trinajstić information content (AvgIpc) is 3.93. The van der Waals surface area contributed by atoms with E-state index in [0.29, 0.717) is 19.7 Å². The van der Waals surface area contributed by atoms with Gasteiger partial charge in [0.2, 0.25) is 0 Å². The summed E-state index contributed by atoms with van der Waals surface area (Å²) in [6, 6.07) is 27.7. The zero-order valence-corrected chi connectivity index (χ0v) is 43.0. The molecular formula is C55H58Cl2F6Zr-2. The third-order valence-electron chi connectivity index (χ3n) is 12.1. The third-order valence-corrected chi connectivity index (χ3v) is 13.5. The number of benzene rings is 4. The van der Waals surface area contributed by atoms with Gasteiger partial charge in [-0.15, -0.1) is 11.6 Å². The number of fused-ring (bicyclic) bond motifs is 5. The summed E-state index contributed by atoms with van der Waals surface area (Å²) in [6.45, 7) is 30.0. The van der Waals surface area contributed by atoms with Crippen LogP contribution < -0.4 is 24.8 Å². The van der Waals surface area contributed by atoms with Crippen LogP contribution in [0.15, 0.2) is 103 Å². The van der Waals surface area contributed by atoms with Crippen LogP contribution in [0.25, 0.3) is 22.3 Å². The summed E-state index contributed by atoms with van der Waals surface area (Å²) in [5.74, 6) is 0. The van der Waals surface area contributed by atoms with Crippen LogP contribution in [0.3, 0.4) is 0 Å². The summed E-state index contributed by atoms with van der Waals surface area (Å²) < 4.78 is 75.6. The smallest absolute Gasteiger partial charge is 1.00 e. The summed E-state index contributed by atoms with van der Waals surface area (Å²) >= 11 is 0.898. The van der Waals surface area contributed by atoms with Gasteiger partial charge in [0.05, 0.1) is 0 Å². The topological polar surface area (TPSA) is 0 Å². The maximum Gasteiger partial charge on any atom is -1.00 e. The van der Waals surface area contributed by atoms with Crippen LogP contribution in [-0.2, 0) is 59.3 Å². The van der Waals surface area contributed by atoms with E-state index in [-0.39, 0.29) is 46.5 Å². The second-order valence-electron chi connectivity index (χ2n) is 21.1. The molecule has 0 heterocycles. The van der Waals surface area contributed by atoms with Gasteiger partial charge >= 0.3 is 137 Å². The molecule has 3 aliphatic carbocycles. The van der Waals surface area contributed by atoms with Crippen LogP contribution in [0.4, 0.5) is 26.3 Å². The number of allylic oxidation sites excluding steroid dienone is 4. The van der Waals surface area contributed by atoms with Crippen LogP contribution in [0.5, 0.6) is 0 Å². The molecule has 0 radical (unpaired) electrons. The van der Waals surface area contributed by atoms with Gasteiger partial charge in [0.15, 0.2) is 0 Å². The minimum atomic E-state index is -4.41. The van der Waals surface area contributed by atoms with Crippen molar-refractivity contribution in [3.05, 3.63) is 170 Å². The molecule has 0 aromatic heterocycles. The number of hydrogen-bond acceptors (Lipinski definition) is 0. The molecule has 3 aliphatic rings. The van der Waals surface area contributed by atoms with Gasteiger partial charge in [0, 0.05) is 5.41 Å². The largest absolute Gasteiger partial charge is 1.00 e. The van der Waals surface area contributed by atoms with Crippen molar-refractivity contribution in [2.45, 2.75) is 125 Å². The Hall–Kier alpha value is -3.38. The van der Waals surface area contributed by atoms with Crippen molar-refractivity contribution in [2.75, 3.05) is 0 Å². The first-order chi connectivity index (χ1) is 28.3. The summed E-state index contributed by atoms with van der Waals surface area (Å²) in [6.07, 6.45) is -1.41. The van der Waals surface area contributed by atoms with E-state index in [1.54, 1.807) is 0 Å². The van der Waals surface area contributed by atoms with Gasteiger partial charge in [-0.3, -0.25) is 6.08 Å². The number of alkyl halides is 6. The van der Waals surface area contributed by atoms with E-state index >= 15 is 0 Å². The first kappa shape index (κ1) is 53.2. The van der Waals surface area contributed by atoms with E-state index in [0.717, 1.165) is 54.9 Å². The monoisotopic (exact) mass is 992 g/mol. The Morgan fingerprint density at radius 2 is 1.02 bits per heavy atom. The van der Waals surface area contributed by atoms with E-state index in [1.165, 1.54) is 85.5 Å². The minimum Gasteiger partial charge on any atom is -1.00 e. The van der Waals surface area contributed by atoms with Crippen molar-refractivity contribution >= 4 is 14.4 Å². The van der Waals surface area contributed by atoms with E-state index in [2.05, 4.69) is 151 Å². The molecule has 0 aliphatic heterocycles. The van der Waals surface area contributed by atoms with Crippen LogP contribution in [0.1, 0.15) is 151 Å². The molecule has 0 nitrogen and oxygen atoms in total. The van der Waals surface area contributed by atoms with Gasteiger partial charge in [0.1, 0.15) is 0 Å². The second kappa shape index (κ2) is 18.4. The molecule has 5 aromatic rings. The predicted octanol–water partition coefficient (Wildman–Crippen LogP) is 10.1. The number of hydrogen-bond donors (Lipinski definition) is 0. The molecule has 0 saturated carbocycles. The molecule has 8 rings (SSSR count). The summed E-state index contributed by atoms with van der Waals surface area (Å²) in [5.41, 5.74) is 16.2. The van der Waals surface area contributed by atoms with Crippen LogP contribution >= 0.6 is 0 Å². The standard InChI is InChI=1S/C31H37.C15H8F6.C9H13.2ClH.Zr/c1-28(2,3)26-16-30(7,8)24-12-18-11-19-13-25-23(15-21(19)20(18)14-22(24)26)27(29(4,5)6)17-31(25,9)10;16-14(17,18)12-5-1-10(2-6-12)9-11-3-7-13(8-4-11)15(19,20)21;1-9(2,3)8-6-4-5-7-8;;;/h12-16H,11H2,1-10H3;1-8H;4-7H,1-3H3;2*1H;/q-1;;-1;;;+2/p-2. The Morgan fingerprint density at radius 3 is 1.39 bits per heavy atom. The molecule has 0 bridgehead atoms. The summed E-state index contributed by atoms with van der Waals surface area (Å²) in [4.78, 5) is 0. The molecule has 0 spiro atoms. The average molecular weight is 995 g/mol. The Labute approximate surface area is 404 Å². The first-order valence-electron chi connectivity index (χ1n) is 21.2. The molecule has 64 heavy (non-hydrogen) atoms. The van der Waals surface area contributed by atoms with E-state index in [9.17, 15) is 26.3 Å². The Balaban J connectivity index is 0.000000237. The van der Waals surface area contributed by atoms with Gasteiger partial charge in [-0.1, -0.05) is 119 Å². The predicted molar refractivity (Wildman–Crippen MR) is 241 cm³/mol. The van der Waals surface area contributed by atoms with Crippen LogP contribution in [0.2, 0.25) is 0 Å². The normalized spacial score (nSPS) is 15.6. The molecule has 9 heteroatoms. The van der Waals surface area contributed by atoms with Gasteiger partial charge < -0.3 is 24.8 Å². The van der Waals surface area contributed by atoms with E-state index in [4.69, 9.17) is 0 Å². The second-order valence-corrected chi connectivity index (χ2v) is 22.4. The Morgan fingerprint density at radius 1 is 0.562 bits per heavy atom. The molecular weight excluding hydrogens is 937 g/mol. The molecule has 0 unspecified atom stereocenters. The third kappa shape index (κ3) is 11.2. The number of rotatable bonds is 2. The molecule has 0 saturated heterocycles. The molecule has 0 fully saturated rings. The fourth-order valence-electron chi connectivity index (χ4n) is 8.64. The van der Waals surface area contributed by atoms with Gasteiger partial charge in [0.25, 0.3) is 0 Å². The number of halogens is 8. The molecule has 0 atom stereocenters. The zero-order chi connectivity index (χ0) is 46.2. The SMILES string of the molecule is CC(C)(C)C1=[C-]C(C)(C)c2cc3c(cc21)-c1cc2c(cc1C3)C(C)(C)C=C2C(C)(C)C.CC(C)(C)c1cc[cH-]c1.FC(F)(F)c1ccc([C](=[Zr+2])c2ccc(C(F)(F)F)cc2)cc1.[Cl-].[Cl-]. The van der Waals surface area contributed by atoms with E-state index < -0.39 is 23.5 Å². The first-order valence-corrected chi connectivity index (χ1v) is 22.4. The van der Waals surface area contributed by atoms with Gasteiger partial charge in [-0.25, -0.2) is 11.6 Å². The zero-order valence-electron chi connectivity index (χ0n) is 39.0. The fourth-order valence-corrected chi connectivity index (χ4v) is 9.46. The Kier molecular flexibility index (Phi) is 15.3. The van der Waals surface area contributed by atoms with Gasteiger partial charge in [-0.2, -0.15) is 29.3 Å². The van der Waals surface area contributed by atoms with Crippen molar-refractivity contribution in [3.63, 3.8) is 0 Å². The van der Waals surface area contributed by atoms with Crippen LogP contribution in [0, 0.1) is 16.9 Å². The Bertz CT molecular complexity index is 2390. The maximum atomic E-state index is 12.5. The molecule has 340 valence electrons. The molecule has 0 amide bonds. The van der Waals surface area contributed by atoms with E-state index in [1.807, 2.05) is 0 Å². The van der Waals surface area contributed by atoms with Crippen molar-refractivity contribution in [3.8, 4) is 11.1 Å². The summed E-state index contributed by atoms with van der Waals surface area (Å²) in [5, 5.41) is 0. The van der Waals surface area contributed by atoms with Crippen molar-refractivity contribution in [1.82, 2.24) is 0 Å². The molecule has 5 aromatic carbocycles. The maximum absolute atomic E-state index is 12.5. The van der Waals surface area contributed by atoms with Crippen LogP contribution in [-0.4, -0.2) is 3.21 Å². The molecule has 0 N–H and O–H groups in total. The van der Waals surface area contributed by atoms with Crippen molar-refractivity contribution < 1.29 is 75.4 Å². The van der Waals surface area contributed by atoms with Gasteiger partial charge in [-0.05, 0) is 62.3 Å². The van der Waals surface area contributed by atoms with Crippen molar-refractivity contribution in [2.24, 2.45) is 10.8 Å². The quantitative estimate of drug-likeness (QED) is 0.120. The minimum absolute atomic E-state index is 0.